The van der Waals surface area contributed by atoms with Crippen LogP contribution in [0.1, 0.15) is 57.4 Å². The molecule has 1 aliphatic rings. The van der Waals surface area contributed by atoms with Gasteiger partial charge in [0.2, 0.25) is 11.8 Å². The number of hydrogen-bond acceptors (Lipinski definition) is 3. The Morgan fingerprint density at radius 3 is 2.48 bits per heavy atom. The fourth-order valence-electron chi connectivity index (χ4n) is 3.35. The van der Waals surface area contributed by atoms with Crippen LogP contribution in [-0.2, 0) is 16.1 Å². The van der Waals surface area contributed by atoms with Crippen molar-refractivity contribution in [2.45, 2.75) is 64.5 Å². The molecule has 0 aliphatic heterocycles. The minimum absolute atomic E-state index is 0.0341. The van der Waals surface area contributed by atoms with E-state index >= 15 is 0 Å². The molecule has 0 heterocycles. The number of methoxy groups -OCH3 is 1. The van der Waals surface area contributed by atoms with Gasteiger partial charge in [0.15, 0.2) is 0 Å². The number of nitrogens with one attached hydrogen (secondary N) is 1. The molecule has 0 bridgehead atoms. The summed E-state index contributed by atoms with van der Waals surface area (Å²) in [4.78, 5) is 25.9. The molecule has 0 atom stereocenters. The number of carbonyl (C=O) groups excluding carboxylic acids is 2. The van der Waals surface area contributed by atoms with Crippen LogP contribution in [-0.4, -0.2) is 36.4 Å². The van der Waals surface area contributed by atoms with Crippen molar-refractivity contribution in [2.75, 3.05) is 13.7 Å². The van der Waals surface area contributed by atoms with E-state index in [1.165, 1.54) is 25.7 Å². The number of rotatable bonds is 7. The Balaban J connectivity index is 1.86. The molecule has 1 aromatic carbocycles. The zero-order valence-corrected chi connectivity index (χ0v) is 15.4. The number of hydrogen-bond donors (Lipinski definition) is 1. The second kappa shape index (κ2) is 10.1. The van der Waals surface area contributed by atoms with E-state index in [9.17, 15) is 9.59 Å². The minimum Gasteiger partial charge on any atom is -0.496 e. The van der Waals surface area contributed by atoms with Gasteiger partial charge in [-0.2, -0.15) is 0 Å². The summed E-state index contributed by atoms with van der Waals surface area (Å²) in [5.74, 6) is 0.767. The van der Waals surface area contributed by atoms with Crippen molar-refractivity contribution in [3.8, 4) is 5.75 Å². The van der Waals surface area contributed by atoms with E-state index in [-0.39, 0.29) is 11.8 Å². The zero-order valence-electron chi connectivity index (χ0n) is 15.4. The number of nitrogens with zero attached hydrogens (tertiary/aromatic N) is 1. The largest absolute Gasteiger partial charge is 0.496 e. The van der Waals surface area contributed by atoms with Gasteiger partial charge < -0.3 is 15.0 Å². The van der Waals surface area contributed by atoms with Crippen LogP contribution < -0.4 is 10.1 Å². The molecular formula is C20H30N2O3. The van der Waals surface area contributed by atoms with Crippen LogP contribution in [0.25, 0.3) is 0 Å². The Morgan fingerprint density at radius 2 is 1.84 bits per heavy atom. The highest BCUT2D eigenvalue weighted by molar-refractivity contribution is 5.78. The Bertz CT molecular complexity index is 566. The molecule has 1 saturated carbocycles. The molecule has 5 nitrogen and oxygen atoms in total. The van der Waals surface area contributed by atoms with Gasteiger partial charge in [-0.05, 0) is 18.9 Å². The van der Waals surface area contributed by atoms with E-state index in [0.29, 0.717) is 25.6 Å². The summed E-state index contributed by atoms with van der Waals surface area (Å²) in [6.45, 7) is 2.42. The summed E-state index contributed by atoms with van der Waals surface area (Å²) in [5.41, 5.74) is 0.948. The first-order valence-electron chi connectivity index (χ1n) is 9.27. The zero-order chi connectivity index (χ0) is 18.1. The quantitative estimate of drug-likeness (QED) is 0.771. The van der Waals surface area contributed by atoms with Crippen molar-refractivity contribution >= 4 is 11.8 Å². The molecule has 1 aliphatic carbocycles. The summed E-state index contributed by atoms with van der Waals surface area (Å²) in [5, 5.41) is 3.14. The molecule has 2 rings (SSSR count). The van der Waals surface area contributed by atoms with Gasteiger partial charge in [0.1, 0.15) is 5.75 Å². The maximum Gasteiger partial charge on any atom is 0.221 e. The predicted octanol–water partition coefficient (Wildman–Crippen LogP) is 3.27. The van der Waals surface area contributed by atoms with Crippen LogP contribution in [0.5, 0.6) is 5.75 Å². The van der Waals surface area contributed by atoms with Crippen molar-refractivity contribution in [1.29, 1.82) is 0 Å². The van der Waals surface area contributed by atoms with Gasteiger partial charge in [0, 0.05) is 38.0 Å². The molecule has 0 aromatic heterocycles. The SMILES string of the molecule is COc1ccccc1CN(CCC(=O)NC1CCCCCC1)C(C)=O. The van der Waals surface area contributed by atoms with Crippen molar-refractivity contribution in [3.05, 3.63) is 29.8 Å². The normalized spacial score (nSPS) is 15.3. The van der Waals surface area contributed by atoms with Crippen molar-refractivity contribution < 1.29 is 14.3 Å². The number of amides is 2. The van der Waals surface area contributed by atoms with Gasteiger partial charge in [-0.1, -0.05) is 43.9 Å². The van der Waals surface area contributed by atoms with Crippen molar-refractivity contribution in [1.82, 2.24) is 10.2 Å². The number of para-hydroxylation sites is 1. The summed E-state index contributed by atoms with van der Waals surface area (Å²) in [7, 11) is 1.62. The van der Waals surface area contributed by atoms with Gasteiger partial charge in [0.25, 0.3) is 0 Å². The fraction of sp³-hybridized carbons (Fsp3) is 0.600. The molecule has 138 valence electrons. The smallest absolute Gasteiger partial charge is 0.221 e. The van der Waals surface area contributed by atoms with E-state index in [2.05, 4.69) is 5.32 Å². The summed E-state index contributed by atoms with van der Waals surface area (Å²) >= 11 is 0. The van der Waals surface area contributed by atoms with Crippen molar-refractivity contribution in [3.63, 3.8) is 0 Å². The monoisotopic (exact) mass is 346 g/mol. The molecule has 5 heteroatoms. The van der Waals surface area contributed by atoms with Gasteiger partial charge in [-0.3, -0.25) is 9.59 Å². The average Bonchev–Trinajstić information content (AvgIpc) is 2.87. The van der Waals surface area contributed by atoms with E-state index in [4.69, 9.17) is 4.74 Å². The Kier molecular flexibility index (Phi) is 7.76. The lowest BCUT2D eigenvalue weighted by Crippen LogP contribution is -2.38. The summed E-state index contributed by atoms with van der Waals surface area (Å²) in [6.07, 6.45) is 7.40. The molecule has 1 fully saturated rings. The van der Waals surface area contributed by atoms with Gasteiger partial charge in [-0.15, -0.1) is 0 Å². The molecule has 0 radical (unpaired) electrons. The molecular weight excluding hydrogens is 316 g/mol. The average molecular weight is 346 g/mol. The van der Waals surface area contributed by atoms with Crippen LogP contribution in [0.3, 0.4) is 0 Å². The molecule has 0 unspecified atom stereocenters. The number of benzene rings is 1. The molecule has 0 spiro atoms. The van der Waals surface area contributed by atoms with Crippen LogP contribution >= 0.6 is 0 Å². The highest BCUT2D eigenvalue weighted by Crippen LogP contribution is 2.20. The minimum atomic E-state index is -0.0341. The number of ether oxygens (including phenoxy) is 1. The standard InChI is InChI=1S/C20H30N2O3/c1-16(23)22(15-17-9-7-8-12-19(17)25-2)14-13-20(24)21-18-10-5-3-4-6-11-18/h7-9,12,18H,3-6,10-11,13-15H2,1-2H3,(H,21,24). The molecule has 1 aromatic rings. The first-order chi connectivity index (χ1) is 12.1. The van der Waals surface area contributed by atoms with E-state index in [0.717, 1.165) is 24.2 Å². The predicted molar refractivity (Wildman–Crippen MR) is 98.3 cm³/mol. The third-order valence-corrected chi connectivity index (χ3v) is 4.83. The van der Waals surface area contributed by atoms with E-state index in [1.807, 2.05) is 24.3 Å². The van der Waals surface area contributed by atoms with Gasteiger partial charge in [-0.25, -0.2) is 0 Å². The molecule has 25 heavy (non-hydrogen) atoms. The fourth-order valence-corrected chi connectivity index (χ4v) is 3.35. The maximum atomic E-state index is 12.3. The van der Waals surface area contributed by atoms with E-state index < -0.39 is 0 Å². The second-order valence-corrected chi connectivity index (χ2v) is 6.76. The lowest BCUT2D eigenvalue weighted by Gasteiger charge is -2.23. The third-order valence-electron chi connectivity index (χ3n) is 4.83. The lowest BCUT2D eigenvalue weighted by molar-refractivity contribution is -0.130. The summed E-state index contributed by atoms with van der Waals surface area (Å²) < 4.78 is 5.35. The Morgan fingerprint density at radius 1 is 1.16 bits per heavy atom. The second-order valence-electron chi connectivity index (χ2n) is 6.76. The van der Waals surface area contributed by atoms with Gasteiger partial charge in [0.05, 0.1) is 7.11 Å². The molecule has 2 amide bonds. The number of carbonyl (C=O) groups is 2. The van der Waals surface area contributed by atoms with Gasteiger partial charge >= 0.3 is 0 Å². The van der Waals surface area contributed by atoms with E-state index in [1.54, 1.807) is 18.9 Å². The highest BCUT2D eigenvalue weighted by atomic mass is 16.5. The highest BCUT2D eigenvalue weighted by Gasteiger charge is 2.17. The van der Waals surface area contributed by atoms with Crippen LogP contribution in [0.4, 0.5) is 0 Å². The molecule has 1 N–H and O–H groups in total. The first-order valence-corrected chi connectivity index (χ1v) is 9.27. The molecule has 0 saturated heterocycles. The lowest BCUT2D eigenvalue weighted by atomic mass is 10.1. The van der Waals surface area contributed by atoms with Crippen LogP contribution in [0.15, 0.2) is 24.3 Å². The first kappa shape index (κ1) is 19.3. The Labute approximate surface area is 150 Å². The third kappa shape index (κ3) is 6.40. The topological polar surface area (TPSA) is 58.6 Å². The Hall–Kier alpha value is -2.04. The summed E-state index contributed by atoms with van der Waals surface area (Å²) in [6, 6.07) is 7.96. The van der Waals surface area contributed by atoms with Crippen molar-refractivity contribution in [2.24, 2.45) is 0 Å². The van der Waals surface area contributed by atoms with Crippen LogP contribution in [0, 0.1) is 0 Å². The van der Waals surface area contributed by atoms with Crippen LogP contribution in [0.2, 0.25) is 0 Å². The maximum absolute atomic E-state index is 12.3.